The third-order valence-corrected chi connectivity index (χ3v) is 3.08. The fourth-order valence-electron chi connectivity index (χ4n) is 1.46. The fraction of sp³-hybridized carbons (Fsp3) is 0.250. The van der Waals surface area contributed by atoms with Crippen molar-refractivity contribution in [3.05, 3.63) is 29.4 Å². The van der Waals surface area contributed by atoms with Gasteiger partial charge < -0.3 is 10.1 Å². The first kappa shape index (κ1) is 11.9. The normalized spacial score (nSPS) is 10.3. The van der Waals surface area contributed by atoms with Crippen molar-refractivity contribution in [1.82, 2.24) is 4.98 Å². The summed E-state index contributed by atoms with van der Waals surface area (Å²) in [6.45, 7) is 2.83. The second-order valence-electron chi connectivity index (χ2n) is 3.42. The molecule has 0 aliphatic heterocycles. The lowest BCUT2D eigenvalue weighted by Crippen LogP contribution is -1.95. The summed E-state index contributed by atoms with van der Waals surface area (Å²) in [5.41, 5.74) is 1.52. The summed E-state index contributed by atoms with van der Waals surface area (Å²) in [6, 6.07) is 4.84. The van der Waals surface area contributed by atoms with Gasteiger partial charge in [0.25, 0.3) is 0 Å². The molecule has 0 bridgehead atoms. The van der Waals surface area contributed by atoms with Crippen LogP contribution in [0.1, 0.15) is 6.92 Å². The van der Waals surface area contributed by atoms with Crippen LogP contribution in [0.25, 0.3) is 11.3 Å². The van der Waals surface area contributed by atoms with Crippen LogP contribution in [-0.4, -0.2) is 18.6 Å². The SMILES string of the molecule is CCNc1nc(-c2ccc(OC)c(F)c2)cs1. The maximum Gasteiger partial charge on any atom is 0.183 e. The Hall–Kier alpha value is -1.62. The number of thiazole rings is 1. The second-order valence-corrected chi connectivity index (χ2v) is 4.28. The standard InChI is InChI=1S/C12H13FN2OS/c1-3-14-12-15-10(7-17-12)8-4-5-11(16-2)9(13)6-8/h4-7H,3H2,1-2H3,(H,14,15). The number of hydrogen-bond acceptors (Lipinski definition) is 4. The first-order valence-corrected chi connectivity index (χ1v) is 6.16. The van der Waals surface area contributed by atoms with Gasteiger partial charge in [0.1, 0.15) is 0 Å². The van der Waals surface area contributed by atoms with E-state index in [1.54, 1.807) is 12.1 Å². The average molecular weight is 252 g/mol. The number of aromatic nitrogens is 1. The Morgan fingerprint density at radius 1 is 1.47 bits per heavy atom. The lowest BCUT2D eigenvalue weighted by atomic mass is 10.1. The minimum absolute atomic E-state index is 0.246. The van der Waals surface area contributed by atoms with E-state index in [1.807, 2.05) is 12.3 Å². The molecule has 0 fully saturated rings. The summed E-state index contributed by atoms with van der Waals surface area (Å²) in [5, 5.41) is 5.87. The van der Waals surface area contributed by atoms with Crippen molar-refractivity contribution in [2.24, 2.45) is 0 Å². The van der Waals surface area contributed by atoms with Crippen LogP contribution in [0, 0.1) is 5.82 Å². The zero-order valence-corrected chi connectivity index (χ0v) is 10.5. The van der Waals surface area contributed by atoms with E-state index in [1.165, 1.54) is 24.5 Å². The lowest BCUT2D eigenvalue weighted by molar-refractivity contribution is 0.386. The summed E-state index contributed by atoms with van der Waals surface area (Å²) >= 11 is 1.51. The molecule has 0 aliphatic carbocycles. The molecule has 0 spiro atoms. The molecule has 5 heteroatoms. The van der Waals surface area contributed by atoms with E-state index in [0.717, 1.165) is 22.9 Å². The highest BCUT2D eigenvalue weighted by Gasteiger charge is 2.08. The van der Waals surface area contributed by atoms with Crippen LogP contribution in [0.5, 0.6) is 5.75 Å². The molecule has 0 unspecified atom stereocenters. The van der Waals surface area contributed by atoms with Gasteiger partial charge in [-0.05, 0) is 25.1 Å². The number of rotatable bonds is 4. The maximum absolute atomic E-state index is 13.5. The van der Waals surface area contributed by atoms with E-state index >= 15 is 0 Å². The average Bonchev–Trinajstić information content (AvgIpc) is 2.78. The van der Waals surface area contributed by atoms with E-state index in [2.05, 4.69) is 10.3 Å². The number of halogens is 1. The number of benzene rings is 1. The van der Waals surface area contributed by atoms with Crippen molar-refractivity contribution < 1.29 is 9.13 Å². The number of methoxy groups -OCH3 is 1. The molecule has 0 atom stereocenters. The Balaban J connectivity index is 2.29. The second kappa shape index (κ2) is 5.14. The van der Waals surface area contributed by atoms with Gasteiger partial charge in [0.2, 0.25) is 0 Å². The Labute approximate surface area is 103 Å². The Kier molecular flexibility index (Phi) is 3.58. The fourth-order valence-corrected chi connectivity index (χ4v) is 2.26. The molecule has 1 aromatic heterocycles. The molecule has 3 nitrogen and oxygen atoms in total. The summed E-state index contributed by atoms with van der Waals surface area (Å²) < 4.78 is 18.4. The van der Waals surface area contributed by atoms with Gasteiger partial charge in [-0.25, -0.2) is 9.37 Å². The highest BCUT2D eigenvalue weighted by atomic mass is 32.1. The van der Waals surface area contributed by atoms with Gasteiger partial charge in [-0.3, -0.25) is 0 Å². The predicted molar refractivity (Wildman–Crippen MR) is 68.2 cm³/mol. The van der Waals surface area contributed by atoms with Crippen LogP contribution < -0.4 is 10.1 Å². The zero-order valence-electron chi connectivity index (χ0n) is 9.66. The molecule has 0 saturated heterocycles. The van der Waals surface area contributed by atoms with Crippen LogP contribution in [0.3, 0.4) is 0 Å². The molecule has 2 aromatic rings. The molecule has 1 aromatic carbocycles. The van der Waals surface area contributed by atoms with Gasteiger partial charge in [-0.1, -0.05) is 0 Å². The molecular weight excluding hydrogens is 239 g/mol. The third kappa shape index (κ3) is 2.55. The van der Waals surface area contributed by atoms with Crippen LogP contribution in [-0.2, 0) is 0 Å². The molecule has 1 N–H and O–H groups in total. The molecule has 17 heavy (non-hydrogen) atoms. The minimum atomic E-state index is -0.372. The Morgan fingerprint density at radius 2 is 2.29 bits per heavy atom. The van der Waals surface area contributed by atoms with Crippen LogP contribution in [0.4, 0.5) is 9.52 Å². The lowest BCUT2D eigenvalue weighted by Gasteiger charge is -2.03. The van der Waals surface area contributed by atoms with E-state index in [4.69, 9.17) is 4.74 Å². The number of nitrogens with one attached hydrogen (secondary N) is 1. The monoisotopic (exact) mass is 252 g/mol. The van der Waals surface area contributed by atoms with Gasteiger partial charge in [0, 0.05) is 17.5 Å². The topological polar surface area (TPSA) is 34.2 Å². The van der Waals surface area contributed by atoms with Gasteiger partial charge in [0.15, 0.2) is 16.7 Å². The van der Waals surface area contributed by atoms with Gasteiger partial charge in [0.05, 0.1) is 12.8 Å². The largest absolute Gasteiger partial charge is 0.494 e. The van der Waals surface area contributed by atoms with Crippen molar-refractivity contribution in [1.29, 1.82) is 0 Å². The minimum Gasteiger partial charge on any atom is -0.494 e. The maximum atomic E-state index is 13.5. The van der Waals surface area contributed by atoms with Gasteiger partial charge >= 0.3 is 0 Å². The molecular formula is C12H13FN2OS. The molecule has 2 rings (SSSR count). The van der Waals surface area contributed by atoms with E-state index in [-0.39, 0.29) is 11.6 Å². The first-order valence-electron chi connectivity index (χ1n) is 5.28. The van der Waals surface area contributed by atoms with Crippen LogP contribution in [0.2, 0.25) is 0 Å². The Bertz CT molecular complexity index is 513. The summed E-state index contributed by atoms with van der Waals surface area (Å²) in [7, 11) is 1.45. The number of anilines is 1. The van der Waals surface area contributed by atoms with E-state index < -0.39 is 0 Å². The zero-order chi connectivity index (χ0) is 12.3. The predicted octanol–water partition coefficient (Wildman–Crippen LogP) is 3.39. The van der Waals surface area contributed by atoms with Gasteiger partial charge in [-0.2, -0.15) is 0 Å². The number of nitrogens with zero attached hydrogens (tertiary/aromatic N) is 1. The van der Waals surface area contributed by atoms with Crippen molar-refractivity contribution in [2.75, 3.05) is 19.0 Å². The molecule has 0 aliphatic rings. The van der Waals surface area contributed by atoms with Crippen molar-refractivity contribution in [3.8, 4) is 17.0 Å². The molecule has 90 valence electrons. The number of ether oxygens (including phenoxy) is 1. The first-order chi connectivity index (χ1) is 8.24. The van der Waals surface area contributed by atoms with Crippen molar-refractivity contribution >= 4 is 16.5 Å². The van der Waals surface area contributed by atoms with Crippen LogP contribution in [0.15, 0.2) is 23.6 Å². The summed E-state index contributed by atoms with van der Waals surface area (Å²) in [5.74, 6) is -0.126. The van der Waals surface area contributed by atoms with Crippen molar-refractivity contribution in [3.63, 3.8) is 0 Å². The quantitative estimate of drug-likeness (QED) is 0.905. The molecule has 0 radical (unpaired) electrons. The summed E-state index contributed by atoms with van der Waals surface area (Å²) in [4.78, 5) is 4.37. The highest BCUT2D eigenvalue weighted by Crippen LogP contribution is 2.28. The molecule has 0 saturated carbocycles. The number of hydrogen-bond donors (Lipinski definition) is 1. The van der Waals surface area contributed by atoms with Gasteiger partial charge in [-0.15, -0.1) is 11.3 Å². The van der Waals surface area contributed by atoms with Crippen LogP contribution >= 0.6 is 11.3 Å². The van der Waals surface area contributed by atoms with E-state index in [9.17, 15) is 4.39 Å². The highest BCUT2D eigenvalue weighted by molar-refractivity contribution is 7.14. The summed E-state index contributed by atoms with van der Waals surface area (Å²) in [6.07, 6.45) is 0. The Morgan fingerprint density at radius 3 is 2.94 bits per heavy atom. The molecule has 1 heterocycles. The molecule has 0 amide bonds. The van der Waals surface area contributed by atoms with E-state index in [0.29, 0.717) is 0 Å². The van der Waals surface area contributed by atoms with Crippen molar-refractivity contribution in [2.45, 2.75) is 6.92 Å². The third-order valence-electron chi connectivity index (χ3n) is 2.28. The smallest absolute Gasteiger partial charge is 0.183 e.